The predicted octanol–water partition coefficient (Wildman–Crippen LogP) is -9.43. The first kappa shape index (κ1) is 15.9. The van der Waals surface area contributed by atoms with Crippen molar-refractivity contribution in [3.8, 4) is 0 Å². The molecule has 0 fully saturated rings. The molecule has 4 nitrogen and oxygen atoms in total. The SMILES string of the molecule is [Li+].[Li+].[O]=[Sb]([O-])([O-])[OH]. The van der Waals surface area contributed by atoms with Gasteiger partial charge < -0.3 is 0 Å². The van der Waals surface area contributed by atoms with Crippen LogP contribution in [0.5, 0.6) is 0 Å². The Morgan fingerprint density at radius 2 is 1.29 bits per heavy atom. The van der Waals surface area contributed by atoms with Crippen LogP contribution in [0.1, 0.15) is 0 Å². The first-order chi connectivity index (χ1) is 2.00. The van der Waals surface area contributed by atoms with Gasteiger partial charge in [-0.2, -0.15) is 0 Å². The molecule has 7 heavy (non-hydrogen) atoms. The number of rotatable bonds is 0. The van der Waals surface area contributed by atoms with Gasteiger partial charge in [-0.05, 0) is 0 Å². The molecular formula is HLi2O4Sb. The minimum atomic E-state index is -5.85. The second-order valence-electron chi connectivity index (χ2n) is 0.469. The van der Waals surface area contributed by atoms with Gasteiger partial charge in [-0.15, -0.1) is 0 Å². The molecule has 0 aliphatic carbocycles. The van der Waals surface area contributed by atoms with Gasteiger partial charge in [0.2, 0.25) is 0 Å². The van der Waals surface area contributed by atoms with E-state index in [1.54, 1.807) is 0 Å². The topological polar surface area (TPSA) is 83.4 Å². The fourth-order valence-corrected chi connectivity index (χ4v) is 0. The summed E-state index contributed by atoms with van der Waals surface area (Å²) in [5.74, 6) is 0. The van der Waals surface area contributed by atoms with Gasteiger partial charge in [-0.3, -0.25) is 0 Å². The van der Waals surface area contributed by atoms with E-state index in [0.29, 0.717) is 0 Å². The van der Waals surface area contributed by atoms with Crippen molar-refractivity contribution in [3.05, 3.63) is 0 Å². The Balaban J connectivity index is -0.0000000800. The van der Waals surface area contributed by atoms with Gasteiger partial charge in [0.1, 0.15) is 0 Å². The molecule has 0 aromatic heterocycles. The maximum absolute atomic E-state index is 8.75. The first-order valence-corrected chi connectivity index (χ1v) is 5.02. The van der Waals surface area contributed by atoms with Gasteiger partial charge in [-0.1, -0.05) is 0 Å². The molecule has 0 saturated heterocycles. The molecule has 0 aromatic rings. The van der Waals surface area contributed by atoms with Crippen LogP contribution in [0.2, 0.25) is 0 Å². The average molecular weight is 201 g/mol. The van der Waals surface area contributed by atoms with E-state index in [9.17, 15) is 0 Å². The van der Waals surface area contributed by atoms with Crippen LogP contribution in [0.15, 0.2) is 0 Å². The minimum absolute atomic E-state index is 0. The number of hydrogen-bond acceptors (Lipinski definition) is 3. The summed E-state index contributed by atoms with van der Waals surface area (Å²) in [6.45, 7) is 0. The molecule has 0 amide bonds. The third kappa shape index (κ3) is 87.0. The second kappa shape index (κ2) is 5.82. The molecule has 1 N–H and O–H groups in total. The number of hydrogen-bond donors (Lipinski definition) is 1. The summed E-state index contributed by atoms with van der Waals surface area (Å²) in [5, 5.41) is 0. The van der Waals surface area contributed by atoms with Gasteiger partial charge in [-0.25, -0.2) is 0 Å². The van der Waals surface area contributed by atoms with E-state index in [2.05, 4.69) is 0 Å². The summed E-state index contributed by atoms with van der Waals surface area (Å²) in [5.41, 5.74) is 0. The molecule has 0 aliphatic heterocycles. The molecule has 0 radical (unpaired) electrons. The van der Waals surface area contributed by atoms with E-state index in [4.69, 9.17) is 13.2 Å². The van der Waals surface area contributed by atoms with Crippen LogP contribution >= 0.6 is 0 Å². The van der Waals surface area contributed by atoms with E-state index in [1.807, 2.05) is 0 Å². The first-order valence-electron chi connectivity index (χ1n) is 0.748. The van der Waals surface area contributed by atoms with Gasteiger partial charge in [0, 0.05) is 0 Å². The van der Waals surface area contributed by atoms with E-state index in [1.165, 1.54) is 0 Å². The summed E-state index contributed by atoms with van der Waals surface area (Å²) in [6, 6.07) is 0. The zero-order valence-electron chi connectivity index (χ0n) is 4.12. The van der Waals surface area contributed by atoms with Crippen LogP contribution in [0, 0.1) is 0 Å². The van der Waals surface area contributed by atoms with Crippen molar-refractivity contribution in [3.63, 3.8) is 0 Å². The quantitative estimate of drug-likeness (QED) is 0.394. The Bertz CT molecular complexity index is 55.8. The van der Waals surface area contributed by atoms with Crippen molar-refractivity contribution in [2.24, 2.45) is 0 Å². The van der Waals surface area contributed by atoms with Crippen molar-refractivity contribution >= 4 is 20.1 Å². The third-order valence-electron chi connectivity index (χ3n) is 0. The van der Waals surface area contributed by atoms with Crippen molar-refractivity contribution in [2.45, 2.75) is 0 Å². The molecule has 32 valence electrons. The second-order valence-corrected chi connectivity index (χ2v) is 3.14. The summed E-state index contributed by atoms with van der Waals surface area (Å²) >= 11 is -5.85. The average Bonchev–Trinajstić information content (AvgIpc) is 0.722. The standard InChI is InChI=1S/2Li.H2O.3O.Sb/h;;1H2;;;;/q2*+1;;;2*-1;+1/p-1. The molecule has 0 aliphatic rings. The Hall–Kier alpha value is 1.69. The van der Waals surface area contributed by atoms with Crippen LogP contribution in [0.3, 0.4) is 0 Å². The molecule has 0 atom stereocenters. The zero-order chi connectivity index (χ0) is 4.50. The van der Waals surface area contributed by atoms with Crippen molar-refractivity contribution in [1.29, 1.82) is 0 Å². The van der Waals surface area contributed by atoms with Gasteiger partial charge in [0.25, 0.3) is 0 Å². The van der Waals surface area contributed by atoms with Gasteiger partial charge in [0.15, 0.2) is 0 Å². The zero-order valence-corrected chi connectivity index (χ0v) is 6.67. The molecule has 0 bridgehead atoms. The summed E-state index contributed by atoms with van der Waals surface area (Å²) in [4.78, 5) is 0. The molecule has 0 aromatic carbocycles. The predicted molar refractivity (Wildman–Crippen MR) is 8.66 cm³/mol. The summed E-state index contributed by atoms with van der Waals surface area (Å²) in [7, 11) is 0. The Kier molecular flexibility index (Phi) is 13.2. The van der Waals surface area contributed by atoms with Crippen LogP contribution in [-0.4, -0.2) is 23.4 Å². The van der Waals surface area contributed by atoms with Crippen molar-refractivity contribution < 1.29 is 50.9 Å². The van der Waals surface area contributed by atoms with Crippen LogP contribution in [-0.2, 0) is 3.02 Å². The van der Waals surface area contributed by atoms with E-state index in [-0.39, 0.29) is 37.7 Å². The van der Waals surface area contributed by atoms with E-state index >= 15 is 0 Å². The Labute approximate surface area is 70.4 Å². The third-order valence-corrected chi connectivity index (χ3v) is 0. The molecule has 0 spiro atoms. The van der Waals surface area contributed by atoms with Gasteiger partial charge >= 0.3 is 70.9 Å². The Morgan fingerprint density at radius 1 is 1.29 bits per heavy atom. The molecular weight excluding hydrogens is 200 g/mol. The molecule has 0 heterocycles. The molecule has 0 rings (SSSR count). The fraction of sp³-hybridized carbons (Fsp3) is 0. The van der Waals surface area contributed by atoms with Crippen LogP contribution < -0.4 is 44.5 Å². The van der Waals surface area contributed by atoms with Crippen LogP contribution in [0.4, 0.5) is 0 Å². The fourth-order valence-electron chi connectivity index (χ4n) is 0. The molecule has 0 unspecified atom stereocenters. The molecule has 0 saturated carbocycles. The van der Waals surface area contributed by atoms with Crippen molar-refractivity contribution in [2.75, 3.05) is 0 Å². The van der Waals surface area contributed by atoms with Crippen molar-refractivity contribution in [1.82, 2.24) is 0 Å². The maximum atomic E-state index is 8.75. The summed E-state index contributed by atoms with van der Waals surface area (Å²) in [6.07, 6.45) is 0. The normalized spacial score (nSPS) is 8.43. The van der Waals surface area contributed by atoms with Gasteiger partial charge in [0.05, 0.1) is 0 Å². The molecule has 7 heteroatoms. The van der Waals surface area contributed by atoms with E-state index in [0.717, 1.165) is 0 Å². The van der Waals surface area contributed by atoms with E-state index < -0.39 is 20.1 Å². The Morgan fingerprint density at radius 3 is 1.29 bits per heavy atom. The van der Waals surface area contributed by atoms with Crippen LogP contribution in [0.25, 0.3) is 0 Å². The monoisotopic (exact) mass is 200 g/mol. The summed E-state index contributed by atoms with van der Waals surface area (Å²) < 4.78 is 33.3.